The third-order valence-corrected chi connectivity index (χ3v) is 7.75. The van der Waals surface area contributed by atoms with Gasteiger partial charge in [0.1, 0.15) is 6.04 Å². The van der Waals surface area contributed by atoms with Gasteiger partial charge in [0.2, 0.25) is 15.9 Å². The summed E-state index contributed by atoms with van der Waals surface area (Å²) in [6.07, 6.45) is 0.237. The molecule has 7 heteroatoms. The molecule has 0 radical (unpaired) electrons. The Morgan fingerprint density at radius 1 is 0.939 bits per heavy atom. The van der Waals surface area contributed by atoms with E-state index in [0.717, 1.165) is 21.2 Å². The van der Waals surface area contributed by atoms with Gasteiger partial charge in [0, 0.05) is 4.47 Å². The topological polar surface area (TPSA) is 75.3 Å². The molecular formula is C26H29BrN2O3S. The summed E-state index contributed by atoms with van der Waals surface area (Å²) in [5, 5.41) is 2.97. The van der Waals surface area contributed by atoms with Crippen molar-refractivity contribution in [3.8, 4) is 0 Å². The van der Waals surface area contributed by atoms with Crippen LogP contribution in [0.2, 0.25) is 0 Å². The van der Waals surface area contributed by atoms with Gasteiger partial charge in [-0.2, -0.15) is 4.72 Å². The van der Waals surface area contributed by atoms with Gasteiger partial charge in [-0.3, -0.25) is 4.79 Å². The Morgan fingerprint density at radius 2 is 1.58 bits per heavy atom. The van der Waals surface area contributed by atoms with Gasteiger partial charge in [0.25, 0.3) is 0 Å². The Hall–Kier alpha value is -2.48. The smallest absolute Gasteiger partial charge is 0.241 e. The lowest BCUT2D eigenvalue weighted by molar-refractivity contribution is -0.123. The summed E-state index contributed by atoms with van der Waals surface area (Å²) in [6.45, 7) is 7.35. The van der Waals surface area contributed by atoms with Gasteiger partial charge in [-0.25, -0.2) is 8.42 Å². The summed E-state index contributed by atoms with van der Waals surface area (Å²) in [7, 11) is -3.93. The highest BCUT2D eigenvalue weighted by atomic mass is 79.9. The molecule has 2 atom stereocenters. The van der Waals surface area contributed by atoms with Crippen molar-refractivity contribution < 1.29 is 13.2 Å². The van der Waals surface area contributed by atoms with E-state index in [1.807, 2.05) is 80.6 Å². The van der Waals surface area contributed by atoms with E-state index in [0.29, 0.717) is 11.1 Å². The van der Waals surface area contributed by atoms with Gasteiger partial charge < -0.3 is 5.32 Å². The molecule has 0 unspecified atom stereocenters. The van der Waals surface area contributed by atoms with Gasteiger partial charge in [0.05, 0.1) is 10.9 Å². The Bertz CT molecular complexity index is 1220. The van der Waals surface area contributed by atoms with Crippen LogP contribution >= 0.6 is 15.9 Å². The number of hydrogen-bond donors (Lipinski definition) is 2. The molecule has 5 nitrogen and oxygen atoms in total. The molecule has 0 spiro atoms. The summed E-state index contributed by atoms with van der Waals surface area (Å²) in [4.78, 5) is 13.5. The van der Waals surface area contributed by atoms with E-state index in [9.17, 15) is 13.2 Å². The van der Waals surface area contributed by atoms with Crippen LogP contribution in [-0.4, -0.2) is 20.4 Å². The maximum absolute atomic E-state index is 13.4. The van der Waals surface area contributed by atoms with Gasteiger partial charge in [-0.15, -0.1) is 0 Å². The maximum Gasteiger partial charge on any atom is 0.241 e. The quantitative estimate of drug-likeness (QED) is 0.424. The Balaban J connectivity index is 1.90. The highest BCUT2D eigenvalue weighted by Crippen LogP contribution is 2.23. The molecule has 174 valence electrons. The first kappa shape index (κ1) is 25.1. The van der Waals surface area contributed by atoms with Crippen molar-refractivity contribution in [2.24, 2.45) is 0 Å². The van der Waals surface area contributed by atoms with Crippen molar-refractivity contribution in [1.82, 2.24) is 10.0 Å². The molecule has 0 aliphatic carbocycles. The number of amides is 1. The number of carbonyl (C=O) groups excluding carboxylic acids is 1. The molecule has 0 aromatic heterocycles. The minimum atomic E-state index is -3.93. The van der Waals surface area contributed by atoms with E-state index in [4.69, 9.17) is 0 Å². The third-order valence-electron chi connectivity index (χ3n) is 5.48. The Kier molecular flexibility index (Phi) is 8.10. The zero-order valence-electron chi connectivity index (χ0n) is 19.2. The van der Waals surface area contributed by atoms with E-state index in [2.05, 4.69) is 26.0 Å². The number of carbonyl (C=O) groups is 1. The van der Waals surface area contributed by atoms with Gasteiger partial charge >= 0.3 is 0 Å². The molecule has 3 aromatic rings. The van der Waals surface area contributed by atoms with Crippen LogP contribution in [0.4, 0.5) is 0 Å². The lowest BCUT2D eigenvalue weighted by atomic mass is 10.0. The van der Waals surface area contributed by atoms with Crippen LogP contribution < -0.4 is 10.0 Å². The third kappa shape index (κ3) is 6.53. The largest absolute Gasteiger partial charge is 0.348 e. The van der Waals surface area contributed by atoms with Crippen molar-refractivity contribution in [1.29, 1.82) is 0 Å². The van der Waals surface area contributed by atoms with Crippen molar-refractivity contribution >= 4 is 31.9 Å². The number of hydrogen-bond acceptors (Lipinski definition) is 3. The fraction of sp³-hybridized carbons (Fsp3) is 0.269. The first-order valence-corrected chi connectivity index (χ1v) is 13.0. The average Bonchev–Trinajstić information content (AvgIpc) is 2.72. The van der Waals surface area contributed by atoms with Crippen LogP contribution in [0.1, 0.15) is 40.8 Å². The number of benzene rings is 3. The molecule has 0 aliphatic heterocycles. The zero-order valence-corrected chi connectivity index (χ0v) is 21.6. The fourth-order valence-electron chi connectivity index (χ4n) is 4.05. The molecule has 2 N–H and O–H groups in total. The van der Waals surface area contributed by atoms with Gasteiger partial charge in [-0.05, 0) is 68.5 Å². The predicted octanol–water partition coefficient (Wildman–Crippen LogP) is 5.14. The van der Waals surface area contributed by atoms with Crippen LogP contribution in [0, 0.1) is 20.8 Å². The second-order valence-corrected chi connectivity index (χ2v) is 10.9. The SMILES string of the molecule is Cc1cc(C)c(S(=O)(=O)N[C@H](Cc2ccccc2)C(=O)N[C@H](C)c2cccc(Br)c2)c(C)c1. The van der Waals surface area contributed by atoms with Crippen LogP contribution in [0.3, 0.4) is 0 Å². The van der Waals surface area contributed by atoms with Crippen molar-refractivity contribution in [2.75, 3.05) is 0 Å². The summed E-state index contributed by atoms with van der Waals surface area (Å²) in [5.74, 6) is -0.377. The Morgan fingerprint density at radius 3 is 2.18 bits per heavy atom. The summed E-state index contributed by atoms with van der Waals surface area (Å²) in [5.41, 5.74) is 4.09. The highest BCUT2D eigenvalue weighted by Gasteiger charge is 2.29. The number of sulfonamides is 1. The average molecular weight is 530 g/mol. The lowest BCUT2D eigenvalue weighted by Crippen LogP contribution is -2.48. The molecule has 0 bridgehead atoms. The summed E-state index contributed by atoms with van der Waals surface area (Å²) in [6, 6.07) is 19.5. The molecule has 3 rings (SSSR count). The zero-order chi connectivity index (χ0) is 24.2. The minimum Gasteiger partial charge on any atom is -0.348 e. The number of rotatable bonds is 8. The predicted molar refractivity (Wildman–Crippen MR) is 136 cm³/mol. The van der Waals surface area contributed by atoms with Gasteiger partial charge in [-0.1, -0.05) is 76.1 Å². The van der Waals surface area contributed by atoms with Crippen molar-refractivity contribution in [3.05, 3.63) is 99.0 Å². The van der Waals surface area contributed by atoms with Crippen LogP contribution in [0.15, 0.2) is 76.1 Å². The van der Waals surface area contributed by atoms with Crippen LogP contribution in [0.5, 0.6) is 0 Å². The number of aryl methyl sites for hydroxylation is 3. The number of halogens is 1. The van der Waals surface area contributed by atoms with Crippen molar-refractivity contribution in [3.63, 3.8) is 0 Å². The first-order valence-electron chi connectivity index (χ1n) is 10.8. The van der Waals surface area contributed by atoms with Crippen LogP contribution in [0.25, 0.3) is 0 Å². The monoisotopic (exact) mass is 528 g/mol. The number of nitrogens with one attached hydrogen (secondary N) is 2. The molecular weight excluding hydrogens is 500 g/mol. The molecule has 0 heterocycles. The molecule has 33 heavy (non-hydrogen) atoms. The van der Waals surface area contributed by atoms with E-state index in [-0.39, 0.29) is 23.3 Å². The maximum atomic E-state index is 13.4. The van der Waals surface area contributed by atoms with E-state index >= 15 is 0 Å². The second-order valence-electron chi connectivity index (χ2n) is 8.38. The molecule has 1 amide bonds. The van der Waals surface area contributed by atoms with E-state index < -0.39 is 16.1 Å². The lowest BCUT2D eigenvalue weighted by Gasteiger charge is -2.23. The molecule has 0 saturated heterocycles. The molecule has 3 aromatic carbocycles. The van der Waals surface area contributed by atoms with Crippen molar-refractivity contribution in [2.45, 2.75) is 51.1 Å². The van der Waals surface area contributed by atoms with E-state index in [1.165, 1.54) is 0 Å². The standard InChI is InChI=1S/C26H29BrN2O3S/c1-17-13-18(2)25(19(3)14-17)33(31,32)29-24(15-21-9-6-5-7-10-21)26(30)28-20(4)22-11-8-12-23(27)16-22/h5-14,16,20,24,29H,15H2,1-4H3,(H,28,30)/t20-,24-/m1/s1. The second kappa shape index (κ2) is 10.6. The molecule has 0 aliphatic rings. The fourth-order valence-corrected chi connectivity index (χ4v) is 6.11. The first-order chi connectivity index (χ1) is 15.6. The Labute approximate surface area is 204 Å². The molecule has 0 fully saturated rings. The van der Waals surface area contributed by atoms with Gasteiger partial charge in [0.15, 0.2) is 0 Å². The summed E-state index contributed by atoms with van der Waals surface area (Å²) < 4.78 is 30.4. The van der Waals surface area contributed by atoms with Crippen LogP contribution in [-0.2, 0) is 21.2 Å². The van der Waals surface area contributed by atoms with E-state index in [1.54, 1.807) is 13.8 Å². The normalized spacial score (nSPS) is 13.4. The minimum absolute atomic E-state index is 0.221. The highest BCUT2D eigenvalue weighted by molar-refractivity contribution is 9.10. The summed E-state index contributed by atoms with van der Waals surface area (Å²) >= 11 is 3.45. The molecule has 0 saturated carbocycles.